The summed E-state index contributed by atoms with van der Waals surface area (Å²) >= 11 is 7.80. The first-order valence-corrected chi connectivity index (χ1v) is 9.45. The van der Waals surface area contributed by atoms with Crippen LogP contribution in [0.2, 0.25) is 5.28 Å². The molecule has 7 nitrogen and oxygen atoms in total. The SMILES string of the molecule is Cc1ccc(-c2nc(Cn3c(Cl)nc4c3c(=O)n(C)c(=O)n4C)cs2)cc1. The Morgan fingerprint density at radius 2 is 1.78 bits per heavy atom. The first kappa shape index (κ1) is 17.7. The first-order chi connectivity index (χ1) is 12.9. The molecule has 0 aliphatic heterocycles. The van der Waals surface area contributed by atoms with E-state index in [4.69, 9.17) is 11.6 Å². The molecule has 0 bridgehead atoms. The summed E-state index contributed by atoms with van der Waals surface area (Å²) in [4.78, 5) is 33.5. The van der Waals surface area contributed by atoms with E-state index in [0.717, 1.165) is 20.8 Å². The third-order valence-corrected chi connectivity index (χ3v) is 5.70. The lowest BCUT2D eigenvalue weighted by atomic mass is 10.2. The smallest absolute Gasteiger partial charge is 0.303 e. The maximum absolute atomic E-state index is 12.6. The van der Waals surface area contributed by atoms with E-state index in [1.165, 1.54) is 28.5 Å². The molecule has 0 N–H and O–H groups in total. The molecule has 4 aromatic rings. The Bertz CT molecular complexity index is 1280. The van der Waals surface area contributed by atoms with Gasteiger partial charge in [-0.15, -0.1) is 11.3 Å². The van der Waals surface area contributed by atoms with Crippen molar-refractivity contribution in [2.24, 2.45) is 14.1 Å². The monoisotopic (exact) mass is 401 g/mol. The Hall–Kier alpha value is -2.71. The average Bonchev–Trinajstić information content (AvgIpc) is 3.24. The topological polar surface area (TPSA) is 74.7 Å². The molecule has 4 rings (SSSR count). The number of thiazole rings is 1. The van der Waals surface area contributed by atoms with Crippen LogP contribution < -0.4 is 11.2 Å². The van der Waals surface area contributed by atoms with Crippen LogP contribution in [0.5, 0.6) is 0 Å². The van der Waals surface area contributed by atoms with Crippen LogP contribution in [-0.4, -0.2) is 23.7 Å². The molecule has 0 unspecified atom stereocenters. The van der Waals surface area contributed by atoms with Crippen molar-refractivity contribution in [2.45, 2.75) is 13.5 Å². The zero-order valence-corrected chi connectivity index (χ0v) is 16.5. The zero-order chi connectivity index (χ0) is 19.3. The molecule has 0 spiro atoms. The lowest BCUT2D eigenvalue weighted by Gasteiger charge is -2.06. The van der Waals surface area contributed by atoms with Crippen molar-refractivity contribution >= 4 is 34.1 Å². The van der Waals surface area contributed by atoms with Crippen LogP contribution in [0.1, 0.15) is 11.3 Å². The molecule has 0 aliphatic carbocycles. The fourth-order valence-corrected chi connectivity index (χ4v) is 3.98. The van der Waals surface area contributed by atoms with Crippen molar-refractivity contribution in [3.63, 3.8) is 0 Å². The number of nitrogens with zero attached hydrogens (tertiary/aromatic N) is 5. The number of halogens is 1. The number of hydrogen-bond donors (Lipinski definition) is 0. The highest BCUT2D eigenvalue weighted by Gasteiger charge is 2.19. The summed E-state index contributed by atoms with van der Waals surface area (Å²) in [5.41, 5.74) is 2.68. The van der Waals surface area contributed by atoms with Gasteiger partial charge in [-0.3, -0.25) is 13.9 Å². The maximum Gasteiger partial charge on any atom is 0.332 e. The first-order valence-electron chi connectivity index (χ1n) is 8.20. The summed E-state index contributed by atoms with van der Waals surface area (Å²) in [6, 6.07) is 8.15. The molecule has 0 saturated carbocycles. The molecule has 0 saturated heterocycles. The minimum atomic E-state index is -0.441. The summed E-state index contributed by atoms with van der Waals surface area (Å²) < 4.78 is 3.96. The summed E-state index contributed by atoms with van der Waals surface area (Å²) in [5.74, 6) is 0. The van der Waals surface area contributed by atoms with E-state index < -0.39 is 11.2 Å². The maximum atomic E-state index is 12.6. The Morgan fingerprint density at radius 1 is 1.07 bits per heavy atom. The van der Waals surface area contributed by atoms with Gasteiger partial charge < -0.3 is 4.57 Å². The minimum Gasteiger partial charge on any atom is -0.303 e. The van der Waals surface area contributed by atoms with Gasteiger partial charge in [-0.1, -0.05) is 29.8 Å². The van der Waals surface area contributed by atoms with E-state index in [-0.39, 0.29) is 16.4 Å². The number of hydrogen-bond acceptors (Lipinski definition) is 5. The van der Waals surface area contributed by atoms with E-state index in [0.29, 0.717) is 6.54 Å². The molecule has 0 aliphatic rings. The van der Waals surface area contributed by atoms with Crippen LogP contribution in [0.25, 0.3) is 21.7 Å². The molecule has 27 heavy (non-hydrogen) atoms. The van der Waals surface area contributed by atoms with Gasteiger partial charge >= 0.3 is 5.69 Å². The van der Waals surface area contributed by atoms with Crippen LogP contribution in [-0.2, 0) is 20.6 Å². The number of imidazole rings is 1. The predicted molar refractivity (Wildman–Crippen MR) is 107 cm³/mol. The quantitative estimate of drug-likeness (QED) is 0.494. The molecule has 138 valence electrons. The Labute approximate surface area is 163 Å². The third-order valence-electron chi connectivity index (χ3n) is 4.47. The summed E-state index contributed by atoms with van der Waals surface area (Å²) in [5, 5.41) is 2.98. The second-order valence-electron chi connectivity index (χ2n) is 6.35. The number of aromatic nitrogens is 5. The molecule has 3 heterocycles. The van der Waals surface area contributed by atoms with E-state index in [9.17, 15) is 9.59 Å². The van der Waals surface area contributed by atoms with Crippen molar-refractivity contribution < 1.29 is 0 Å². The van der Waals surface area contributed by atoms with Gasteiger partial charge in [-0.05, 0) is 18.5 Å². The van der Waals surface area contributed by atoms with E-state index in [1.54, 1.807) is 11.6 Å². The highest BCUT2D eigenvalue weighted by atomic mass is 35.5. The molecule has 0 radical (unpaired) electrons. The van der Waals surface area contributed by atoms with Gasteiger partial charge in [-0.2, -0.15) is 4.98 Å². The highest BCUT2D eigenvalue weighted by Crippen LogP contribution is 2.25. The number of rotatable bonds is 3. The van der Waals surface area contributed by atoms with Crippen LogP contribution in [0.3, 0.4) is 0 Å². The Kier molecular flexibility index (Phi) is 4.24. The van der Waals surface area contributed by atoms with Crippen LogP contribution in [0.15, 0.2) is 39.2 Å². The normalized spacial score (nSPS) is 11.4. The summed E-state index contributed by atoms with van der Waals surface area (Å²) in [6.07, 6.45) is 0. The van der Waals surface area contributed by atoms with Gasteiger partial charge in [0.2, 0.25) is 5.28 Å². The molecule has 0 fully saturated rings. The molecule has 0 amide bonds. The van der Waals surface area contributed by atoms with E-state index in [2.05, 4.69) is 9.97 Å². The zero-order valence-electron chi connectivity index (χ0n) is 14.9. The number of fused-ring (bicyclic) bond motifs is 1. The van der Waals surface area contributed by atoms with Crippen molar-refractivity contribution in [1.29, 1.82) is 0 Å². The van der Waals surface area contributed by atoms with E-state index in [1.807, 2.05) is 36.6 Å². The molecule has 9 heteroatoms. The largest absolute Gasteiger partial charge is 0.332 e. The summed E-state index contributed by atoms with van der Waals surface area (Å²) in [6.45, 7) is 2.34. The average molecular weight is 402 g/mol. The van der Waals surface area contributed by atoms with Gasteiger partial charge in [0.15, 0.2) is 11.2 Å². The van der Waals surface area contributed by atoms with Gasteiger partial charge in [-0.25, -0.2) is 9.78 Å². The summed E-state index contributed by atoms with van der Waals surface area (Å²) in [7, 11) is 3.00. The number of aryl methyl sites for hydroxylation is 2. The van der Waals surface area contributed by atoms with Gasteiger partial charge in [0.05, 0.1) is 12.2 Å². The van der Waals surface area contributed by atoms with Gasteiger partial charge in [0.1, 0.15) is 5.01 Å². The minimum absolute atomic E-state index is 0.146. The predicted octanol–water partition coefficient (Wildman–Crippen LogP) is 2.57. The Morgan fingerprint density at radius 3 is 2.48 bits per heavy atom. The van der Waals surface area contributed by atoms with Crippen molar-refractivity contribution in [3.8, 4) is 10.6 Å². The van der Waals surface area contributed by atoms with Gasteiger partial charge in [0.25, 0.3) is 5.56 Å². The van der Waals surface area contributed by atoms with Crippen LogP contribution >= 0.6 is 22.9 Å². The third kappa shape index (κ3) is 2.90. The highest BCUT2D eigenvalue weighted by molar-refractivity contribution is 7.13. The lowest BCUT2D eigenvalue weighted by Crippen LogP contribution is -2.37. The Balaban J connectivity index is 1.79. The lowest BCUT2D eigenvalue weighted by molar-refractivity contribution is 0.701. The van der Waals surface area contributed by atoms with Crippen molar-refractivity contribution in [1.82, 2.24) is 23.7 Å². The van der Waals surface area contributed by atoms with Gasteiger partial charge in [0, 0.05) is 25.0 Å². The molecule has 1 aromatic carbocycles. The van der Waals surface area contributed by atoms with E-state index >= 15 is 0 Å². The molecule has 0 atom stereocenters. The molecular formula is C18H16ClN5O2S. The molecule has 3 aromatic heterocycles. The fourth-order valence-electron chi connectivity index (χ4n) is 2.93. The molecular weight excluding hydrogens is 386 g/mol. The number of benzene rings is 1. The standard InChI is InChI=1S/C18H16ClN5O2S/c1-10-4-6-11(7-5-10)15-20-12(9-27-15)8-24-13-14(21-17(24)19)22(2)18(26)23(3)16(13)25/h4-7,9H,8H2,1-3H3. The second-order valence-corrected chi connectivity index (χ2v) is 7.55. The van der Waals surface area contributed by atoms with Crippen molar-refractivity contribution in [3.05, 3.63) is 67.0 Å². The van der Waals surface area contributed by atoms with Crippen molar-refractivity contribution in [2.75, 3.05) is 0 Å². The van der Waals surface area contributed by atoms with Crippen LogP contribution in [0, 0.1) is 6.92 Å². The second kappa shape index (κ2) is 6.47. The van der Waals surface area contributed by atoms with Crippen LogP contribution in [0.4, 0.5) is 0 Å². The fraction of sp³-hybridized carbons (Fsp3) is 0.222.